The van der Waals surface area contributed by atoms with Gasteiger partial charge in [0.1, 0.15) is 0 Å². The summed E-state index contributed by atoms with van der Waals surface area (Å²) in [7, 11) is 0. The molecule has 1 aromatic rings. The van der Waals surface area contributed by atoms with Crippen LogP contribution in [0.2, 0.25) is 0 Å². The van der Waals surface area contributed by atoms with E-state index in [-0.39, 0.29) is 0 Å². The Bertz CT molecular complexity index is 299. The first-order chi connectivity index (χ1) is 6.72. The van der Waals surface area contributed by atoms with Gasteiger partial charge in [-0.15, -0.1) is 0 Å². The summed E-state index contributed by atoms with van der Waals surface area (Å²) >= 11 is 0. The molecule has 76 valence electrons. The average molecular weight is 190 g/mol. The van der Waals surface area contributed by atoms with E-state index in [1.165, 1.54) is 5.56 Å². The minimum atomic E-state index is 1.05. The van der Waals surface area contributed by atoms with Crippen LogP contribution in [0.15, 0.2) is 29.4 Å². The second-order valence-corrected chi connectivity index (χ2v) is 3.57. The van der Waals surface area contributed by atoms with E-state index in [4.69, 9.17) is 0 Å². The number of anilines is 1. The zero-order valence-electron chi connectivity index (χ0n) is 9.17. The number of hydrogen-bond acceptors (Lipinski definition) is 2. The van der Waals surface area contributed by atoms with E-state index < -0.39 is 0 Å². The molecule has 14 heavy (non-hydrogen) atoms. The molecule has 0 saturated heterocycles. The molecule has 0 bridgehead atoms. The number of hydrogen-bond donors (Lipinski definition) is 1. The minimum Gasteiger partial charge on any atom is -0.279 e. The fourth-order valence-corrected chi connectivity index (χ4v) is 1.21. The number of hydrazone groups is 1. The summed E-state index contributed by atoms with van der Waals surface area (Å²) in [6, 6.07) is 8.23. The third-order valence-corrected chi connectivity index (χ3v) is 2.04. The fraction of sp³-hybridized carbons (Fsp3) is 0.417. The molecular weight excluding hydrogens is 172 g/mol. The average Bonchev–Trinajstić information content (AvgIpc) is 2.17. The second kappa shape index (κ2) is 5.43. The molecule has 0 aliphatic carbocycles. The third kappa shape index (κ3) is 3.60. The van der Waals surface area contributed by atoms with Crippen LogP contribution < -0.4 is 5.43 Å². The van der Waals surface area contributed by atoms with Crippen molar-refractivity contribution in [3.8, 4) is 0 Å². The zero-order valence-corrected chi connectivity index (χ0v) is 9.17. The topological polar surface area (TPSA) is 24.4 Å². The standard InChI is InChI=1S/C12H18N2/c1-4-5-11(3)13-14-12-8-6-10(2)7-9-12/h6-9,14H,4-5H2,1-3H3/b13-11-. The molecule has 1 rings (SSSR count). The van der Waals surface area contributed by atoms with Crippen LogP contribution in [0.5, 0.6) is 0 Å². The molecule has 0 unspecified atom stereocenters. The van der Waals surface area contributed by atoms with Crippen molar-refractivity contribution in [3.63, 3.8) is 0 Å². The molecule has 0 saturated carbocycles. The van der Waals surface area contributed by atoms with Crippen LogP contribution in [0.4, 0.5) is 5.69 Å². The largest absolute Gasteiger partial charge is 0.279 e. The van der Waals surface area contributed by atoms with Gasteiger partial charge in [0.2, 0.25) is 0 Å². The van der Waals surface area contributed by atoms with Gasteiger partial charge in [-0.1, -0.05) is 31.0 Å². The van der Waals surface area contributed by atoms with E-state index >= 15 is 0 Å². The van der Waals surface area contributed by atoms with Crippen molar-refractivity contribution in [2.24, 2.45) is 5.10 Å². The molecule has 2 heteroatoms. The maximum Gasteiger partial charge on any atom is 0.0561 e. The van der Waals surface area contributed by atoms with Crippen LogP contribution >= 0.6 is 0 Å². The lowest BCUT2D eigenvalue weighted by atomic mass is 10.2. The van der Waals surface area contributed by atoms with E-state index in [0.29, 0.717) is 0 Å². The predicted octanol–water partition coefficient (Wildman–Crippen LogP) is 3.58. The third-order valence-electron chi connectivity index (χ3n) is 2.04. The predicted molar refractivity (Wildman–Crippen MR) is 62.8 cm³/mol. The molecule has 0 aromatic heterocycles. The summed E-state index contributed by atoms with van der Waals surface area (Å²) in [6.07, 6.45) is 2.20. The number of benzene rings is 1. The summed E-state index contributed by atoms with van der Waals surface area (Å²) < 4.78 is 0. The molecule has 0 aliphatic rings. The maximum atomic E-state index is 4.28. The quantitative estimate of drug-likeness (QED) is 0.569. The van der Waals surface area contributed by atoms with Crippen molar-refractivity contribution in [2.75, 3.05) is 5.43 Å². The summed E-state index contributed by atoms with van der Waals surface area (Å²) in [5.41, 5.74) is 6.51. The Morgan fingerprint density at radius 2 is 1.93 bits per heavy atom. The second-order valence-electron chi connectivity index (χ2n) is 3.57. The van der Waals surface area contributed by atoms with Crippen molar-refractivity contribution in [2.45, 2.75) is 33.6 Å². The van der Waals surface area contributed by atoms with E-state index in [2.05, 4.69) is 36.5 Å². The molecule has 0 heterocycles. The summed E-state index contributed by atoms with van der Waals surface area (Å²) in [4.78, 5) is 0. The first kappa shape index (κ1) is 10.8. The maximum absolute atomic E-state index is 4.28. The van der Waals surface area contributed by atoms with Crippen LogP contribution in [-0.2, 0) is 0 Å². The van der Waals surface area contributed by atoms with Crippen LogP contribution in [-0.4, -0.2) is 5.71 Å². The summed E-state index contributed by atoms with van der Waals surface area (Å²) in [5.74, 6) is 0. The smallest absolute Gasteiger partial charge is 0.0561 e. The highest BCUT2D eigenvalue weighted by molar-refractivity contribution is 5.82. The van der Waals surface area contributed by atoms with Crippen LogP contribution in [0.25, 0.3) is 0 Å². The van der Waals surface area contributed by atoms with Crippen molar-refractivity contribution in [1.82, 2.24) is 0 Å². The van der Waals surface area contributed by atoms with Gasteiger partial charge in [0.25, 0.3) is 0 Å². The SMILES string of the molecule is CCC/C(C)=N\Nc1ccc(C)cc1. The van der Waals surface area contributed by atoms with E-state index in [0.717, 1.165) is 24.2 Å². The number of aryl methyl sites for hydroxylation is 1. The molecule has 0 fully saturated rings. The van der Waals surface area contributed by atoms with Gasteiger partial charge in [0.15, 0.2) is 0 Å². The Morgan fingerprint density at radius 1 is 1.29 bits per heavy atom. The number of rotatable bonds is 4. The molecule has 1 N–H and O–H groups in total. The lowest BCUT2D eigenvalue weighted by Crippen LogP contribution is -1.96. The lowest BCUT2D eigenvalue weighted by Gasteiger charge is -2.02. The van der Waals surface area contributed by atoms with E-state index in [1.807, 2.05) is 19.1 Å². The Morgan fingerprint density at radius 3 is 2.50 bits per heavy atom. The van der Waals surface area contributed by atoms with Crippen molar-refractivity contribution >= 4 is 11.4 Å². The Labute approximate surface area is 86.0 Å². The first-order valence-electron chi connectivity index (χ1n) is 5.08. The summed E-state index contributed by atoms with van der Waals surface area (Å²) in [6.45, 7) is 6.28. The van der Waals surface area contributed by atoms with Crippen LogP contribution in [0.1, 0.15) is 32.3 Å². The van der Waals surface area contributed by atoms with Gasteiger partial charge in [-0.25, -0.2) is 0 Å². The fourth-order valence-electron chi connectivity index (χ4n) is 1.21. The molecule has 2 nitrogen and oxygen atoms in total. The van der Waals surface area contributed by atoms with Crippen molar-refractivity contribution < 1.29 is 0 Å². The van der Waals surface area contributed by atoms with Crippen LogP contribution in [0, 0.1) is 6.92 Å². The van der Waals surface area contributed by atoms with Gasteiger partial charge >= 0.3 is 0 Å². The number of nitrogens with one attached hydrogen (secondary N) is 1. The molecular formula is C12H18N2. The normalized spacial score (nSPS) is 11.5. The first-order valence-corrected chi connectivity index (χ1v) is 5.08. The Kier molecular flexibility index (Phi) is 4.17. The van der Waals surface area contributed by atoms with Gasteiger partial charge in [-0.05, 0) is 32.4 Å². The Balaban J connectivity index is 2.53. The van der Waals surface area contributed by atoms with Crippen molar-refractivity contribution in [3.05, 3.63) is 29.8 Å². The summed E-state index contributed by atoms with van der Waals surface area (Å²) in [5, 5.41) is 4.28. The van der Waals surface area contributed by atoms with Gasteiger partial charge in [0.05, 0.1) is 5.69 Å². The molecule has 0 atom stereocenters. The lowest BCUT2D eigenvalue weighted by molar-refractivity contribution is 0.983. The van der Waals surface area contributed by atoms with Gasteiger partial charge < -0.3 is 0 Å². The molecule has 1 aromatic carbocycles. The van der Waals surface area contributed by atoms with Crippen molar-refractivity contribution in [1.29, 1.82) is 0 Å². The highest BCUT2D eigenvalue weighted by Gasteiger charge is 1.90. The van der Waals surface area contributed by atoms with Crippen LogP contribution in [0.3, 0.4) is 0 Å². The molecule has 0 amide bonds. The van der Waals surface area contributed by atoms with Gasteiger partial charge in [-0.3, -0.25) is 5.43 Å². The zero-order chi connectivity index (χ0) is 10.4. The van der Waals surface area contributed by atoms with Gasteiger partial charge in [-0.2, -0.15) is 5.10 Å². The molecule has 0 aliphatic heterocycles. The number of nitrogens with zero attached hydrogens (tertiary/aromatic N) is 1. The highest BCUT2D eigenvalue weighted by atomic mass is 15.3. The minimum absolute atomic E-state index is 1.05. The monoisotopic (exact) mass is 190 g/mol. The molecule has 0 spiro atoms. The molecule has 0 radical (unpaired) electrons. The van der Waals surface area contributed by atoms with E-state index in [9.17, 15) is 0 Å². The van der Waals surface area contributed by atoms with E-state index in [1.54, 1.807) is 0 Å². The highest BCUT2D eigenvalue weighted by Crippen LogP contribution is 2.08. The van der Waals surface area contributed by atoms with Gasteiger partial charge in [0, 0.05) is 5.71 Å². The Hall–Kier alpha value is -1.31.